The third-order valence-electron chi connectivity index (χ3n) is 3.99. The highest BCUT2D eigenvalue weighted by atomic mass is 16.5. The van der Waals surface area contributed by atoms with E-state index in [1.165, 1.54) is 11.5 Å². The number of carbonyl (C=O) groups is 1. The molecule has 0 heterocycles. The summed E-state index contributed by atoms with van der Waals surface area (Å²) >= 11 is 0. The Balaban J connectivity index is 1.79. The van der Waals surface area contributed by atoms with E-state index in [0.29, 0.717) is 23.7 Å². The number of hydrogen-bond donors (Lipinski definition) is 0. The summed E-state index contributed by atoms with van der Waals surface area (Å²) in [6.45, 7) is 4.09. The summed E-state index contributed by atoms with van der Waals surface area (Å²) in [5, 5.41) is 2.32. The molecule has 0 amide bonds. The molecule has 26 heavy (non-hydrogen) atoms. The van der Waals surface area contributed by atoms with Crippen LogP contribution in [0, 0.1) is 0 Å². The summed E-state index contributed by atoms with van der Waals surface area (Å²) in [5.41, 5.74) is 1.49. The van der Waals surface area contributed by atoms with Crippen molar-refractivity contribution in [2.75, 3.05) is 13.7 Å². The zero-order chi connectivity index (χ0) is 18.4. The number of benzene rings is 3. The van der Waals surface area contributed by atoms with Crippen molar-refractivity contribution in [3.05, 3.63) is 84.4 Å². The van der Waals surface area contributed by atoms with Crippen molar-refractivity contribution in [1.82, 2.24) is 0 Å². The van der Waals surface area contributed by atoms with Crippen molar-refractivity contribution in [2.24, 2.45) is 0 Å². The molecule has 0 unspecified atom stereocenters. The smallest absolute Gasteiger partial charge is 0.338 e. The molecule has 0 fully saturated rings. The van der Waals surface area contributed by atoms with E-state index in [1.807, 2.05) is 24.3 Å². The maximum Gasteiger partial charge on any atom is 0.338 e. The molecule has 0 radical (unpaired) electrons. The molecule has 0 saturated carbocycles. The van der Waals surface area contributed by atoms with Gasteiger partial charge in [-0.1, -0.05) is 55.1 Å². The Labute approximate surface area is 152 Å². The van der Waals surface area contributed by atoms with Crippen molar-refractivity contribution < 1.29 is 19.0 Å². The van der Waals surface area contributed by atoms with Gasteiger partial charge in [0.1, 0.15) is 13.2 Å². The van der Waals surface area contributed by atoms with Gasteiger partial charge in [-0.25, -0.2) is 4.79 Å². The molecule has 0 bridgehead atoms. The molecule has 3 aromatic rings. The molecule has 0 aromatic heterocycles. The zero-order valence-corrected chi connectivity index (χ0v) is 14.6. The van der Waals surface area contributed by atoms with Gasteiger partial charge in [0.25, 0.3) is 0 Å². The van der Waals surface area contributed by atoms with Crippen LogP contribution in [0.25, 0.3) is 10.8 Å². The second kappa shape index (κ2) is 8.21. The maximum atomic E-state index is 11.9. The largest absolute Gasteiger partial charge is 0.493 e. The molecule has 4 heteroatoms. The lowest BCUT2D eigenvalue weighted by Gasteiger charge is -2.13. The number of carbonyl (C=O) groups excluding carboxylic acids is 1. The van der Waals surface area contributed by atoms with Gasteiger partial charge in [0.15, 0.2) is 11.5 Å². The van der Waals surface area contributed by atoms with Crippen molar-refractivity contribution in [3.63, 3.8) is 0 Å². The van der Waals surface area contributed by atoms with E-state index >= 15 is 0 Å². The maximum absolute atomic E-state index is 11.9. The van der Waals surface area contributed by atoms with Gasteiger partial charge < -0.3 is 14.2 Å². The van der Waals surface area contributed by atoms with Crippen LogP contribution in [-0.4, -0.2) is 19.7 Å². The molecule has 3 rings (SSSR count). The lowest BCUT2D eigenvalue weighted by molar-refractivity contribution is 0.0549. The van der Waals surface area contributed by atoms with E-state index in [2.05, 4.69) is 24.8 Å². The van der Waals surface area contributed by atoms with Crippen molar-refractivity contribution in [2.45, 2.75) is 6.61 Å². The number of methoxy groups -OCH3 is 1. The molecule has 0 N–H and O–H groups in total. The number of rotatable bonds is 7. The van der Waals surface area contributed by atoms with Crippen LogP contribution in [0.1, 0.15) is 15.9 Å². The van der Waals surface area contributed by atoms with E-state index in [1.54, 1.807) is 25.3 Å². The number of esters is 1. The van der Waals surface area contributed by atoms with Crippen molar-refractivity contribution in [1.29, 1.82) is 0 Å². The zero-order valence-electron chi connectivity index (χ0n) is 14.6. The quantitative estimate of drug-likeness (QED) is 0.456. The Morgan fingerprint density at radius 1 is 1.04 bits per heavy atom. The van der Waals surface area contributed by atoms with E-state index in [-0.39, 0.29) is 6.61 Å². The molecule has 0 aliphatic carbocycles. The minimum absolute atomic E-state index is 0.167. The molecule has 132 valence electrons. The second-order valence-electron chi connectivity index (χ2n) is 5.68. The highest BCUT2D eigenvalue weighted by Gasteiger charge is 2.12. The molecule has 0 aliphatic heterocycles. The van der Waals surface area contributed by atoms with E-state index in [0.717, 1.165) is 10.9 Å². The first-order valence-corrected chi connectivity index (χ1v) is 8.28. The van der Waals surface area contributed by atoms with Gasteiger partial charge in [0.05, 0.1) is 12.7 Å². The Kier molecular flexibility index (Phi) is 5.54. The summed E-state index contributed by atoms with van der Waals surface area (Å²) in [6, 6.07) is 19.3. The topological polar surface area (TPSA) is 44.8 Å². The van der Waals surface area contributed by atoms with Gasteiger partial charge in [0, 0.05) is 0 Å². The van der Waals surface area contributed by atoms with Crippen molar-refractivity contribution >= 4 is 16.7 Å². The van der Waals surface area contributed by atoms with Gasteiger partial charge in [-0.2, -0.15) is 0 Å². The van der Waals surface area contributed by atoms with E-state index in [9.17, 15) is 4.79 Å². The third kappa shape index (κ3) is 3.86. The lowest BCUT2D eigenvalue weighted by atomic mass is 10.1. The van der Waals surface area contributed by atoms with Crippen LogP contribution in [0.3, 0.4) is 0 Å². The highest BCUT2D eigenvalue weighted by Crippen LogP contribution is 2.30. The fourth-order valence-electron chi connectivity index (χ4n) is 2.71. The Morgan fingerprint density at radius 3 is 2.65 bits per heavy atom. The first kappa shape index (κ1) is 17.5. The summed E-state index contributed by atoms with van der Waals surface area (Å²) < 4.78 is 16.3. The molecular formula is C22H20O4. The van der Waals surface area contributed by atoms with Gasteiger partial charge in [0.2, 0.25) is 0 Å². The first-order valence-electron chi connectivity index (χ1n) is 8.28. The number of hydrogen-bond acceptors (Lipinski definition) is 4. The van der Waals surface area contributed by atoms with Crippen LogP contribution in [0.2, 0.25) is 0 Å². The SMILES string of the molecule is C=CCOC(=O)c1ccc(OCc2cccc3ccccc23)c(OC)c1. The van der Waals surface area contributed by atoms with Crippen LogP contribution >= 0.6 is 0 Å². The van der Waals surface area contributed by atoms with Gasteiger partial charge in [-0.15, -0.1) is 0 Å². The molecule has 3 aromatic carbocycles. The fourth-order valence-corrected chi connectivity index (χ4v) is 2.71. The average molecular weight is 348 g/mol. The Bertz CT molecular complexity index is 925. The standard InChI is InChI=1S/C22H20O4/c1-3-13-25-22(23)17-11-12-20(21(14-17)24-2)26-15-18-9-6-8-16-7-4-5-10-19(16)18/h3-12,14H,1,13,15H2,2H3. The van der Waals surface area contributed by atoms with Gasteiger partial charge in [-0.05, 0) is 34.5 Å². The lowest BCUT2D eigenvalue weighted by Crippen LogP contribution is -2.06. The average Bonchev–Trinajstić information content (AvgIpc) is 2.70. The Morgan fingerprint density at radius 2 is 1.85 bits per heavy atom. The summed E-state index contributed by atoms with van der Waals surface area (Å²) in [4.78, 5) is 11.9. The minimum atomic E-state index is -0.427. The summed E-state index contributed by atoms with van der Waals surface area (Å²) in [6.07, 6.45) is 1.52. The van der Waals surface area contributed by atoms with Gasteiger partial charge >= 0.3 is 5.97 Å². The number of fused-ring (bicyclic) bond motifs is 1. The Hall–Kier alpha value is -3.27. The fraction of sp³-hybridized carbons (Fsp3) is 0.136. The third-order valence-corrected chi connectivity index (χ3v) is 3.99. The minimum Gasteiger partial charge on any atom is -0.493 e. The molecule has 0 aliphatic rings. The normalized spacial score (nSPS) is 10.3. The van der Waals surface area contributed by atoms with Crippen LogP contribution in [0.15, 0.2) is 73.3 Å². The van der Waals surface area contributed by atoms with Crippen LogP contribution in [0.4, 0.5) is 0 Å². The molecule has 0 spiro atoms. The predicted octanol–water partition coefficient (Wildman–Crippen LogP) is 4.77. The molecule has 4 nitrogen and oxygen atoms in total. The van der Waals surface area contributed by atoms with Crippen molar-refractivity contribution in [3.8, 4) is 11.5 Å². The summed E-state index contributed by atoms with van der Waals surface area (Å²) in [7, 11) is 1.54. The molecule has 0 saturated heterocycles. The highest BCUT2D eigenvalue weighted by molar-refractivity contribution is 5.90. The first-order chi connectivity index (χ1) is 12.7. The monoisotopic (exact) mass is 348 g/mol. The summed E-state index contributed by atoms with van der Waals surface area (Å²) in [5.74, 6) is 0.628. The number of ether oxygens (including phenoxy) is 3. The van der Waals surface area contributed by atoms with E-state index in [4.69, 9.17) is 14.2 Å². The van der Waals surface area contributed by atoms with Crippen LogP contribution in [0.5, 0.6) is 11.5 Å². The second-order valence-corrected chi connectivity index (χ2v) is 5.68. The van der Waals surface area contributed by atoms with Gasteiger partial charge in [-0.3, -0.25) is 0 Å². The predicted molar refractivity (Wildman–Crippen MR) is 102 cm³/mol. The van der Waals surface area contributed by atoms with Crippen LogP contribution < -0.4 is 9.47 Å². The van der Waals surface area contributed by atoms with E-state index < -0.39 is 5.97 Å². The molecule has 0 atom stereocenters. The molecular weight excluding hydrogens is 328 g/mol. The van der Waals surface area contributed by atoms with Crippen LogP contribution in [-0.2, 0) is 11.3 Å².